The third kappa shape index (κ3) is 7.30. The molecule has 1 N–H and O–H groups in total. The molecule has 184 valence electrons. The maximum absolute atomic E-state index is 12.4. The average molecular weight is 484 g/mol. The van der Waals surface area contributed by atoms with Crippen molar-refractivity contribution in [3.63, 3.8) is 0 Å². The Kier molecular flexibility index (Phi) is 9.24. The number of hydrogen-bond acceptors (Lipinski definition) is 5. The number of amides is 1. The van der Waals surface area contributed by atoms with Crippen molar-refractivity contribution in [3.05, 3.63) is 72.8 Å². The molecular formula is C27H37NO5Si. The Balaban J connectivity index is 2.54. The van der Waals surface area contributed by atoms with Crippen LogP contribution < -0.4 is 15.7 Å². The van der Waals surface area contributed by atoms with Gasteiger partial charge in [-0.15, -0.1) is 0 Å². The highest BCUT2D eigenvalue weighted by Crippen LogP contribution is 2.37. The van der Waals surface area contributed by atoms with Gasteiger partial charge in [0.05, 0.1) is 13.2 Å². The van der Waals surface area contributed by atoms with Crippen LogP contribution in [-0.2, 0) is 18.7 Å². The van der Waals surface area contributed by atoms with E-state index in [1.54, 1.807) is 26.8 Å². The minimum absolute atomic E-state index is 0.132. The lowest BCUT2D eigenvalue weighted by atomic mass is 10.2. The van der Waals surface area contributed by atoms with Crippen LogP contribution in [0, 0.1) is 0 Å². The van der Waals surface area contributed by atoms with Crippen molar-refractivity contribution in [1.82, 2.24) is 5.32 Å². The van der Waals surface area contributed by atoms with Crippen LogP contribution in [0.1, 0.15) is 41.5 Å². The van der Waals surface area contributed by atoms with Crippen LogP contribution in [0.3, 0.4) is 0 Å². The minimum atomic E-state index is -2.91. The molecule has 0 fully saturated rings. The van der Waals surface area contributed by atoms with E-state index in [1.807, 2.05) is 36.4 Å². The van der Waals surface area contributed by atoms with Gasteiger partial charge in [-0.2, -0.15) is 0 Å². The van der Waals surface area contributed by atoms with E-state index in [9.17, 15) is 9.59 Å². The summed E-state index contributed by atoms with van der Waals surface area (Å²) in [5.41, 5.74) is -0.625. The van der Waals surface area contributed by atoms with Crippen molar-refractivity contribution in [1.29, 1.82) is 0 Å². The van der Waals surface area contributed by atoms with Gasteiger partial charge in [-0.3, -0.25) is 0 Å². The van der Waals surface area contributed by atoms with Crippen molar-refractivity contribution in [3.8, 4) is 0 Å². The largest absolute Gasteiger partial charge is 0.466 e. The van der Waals surface area contributed by atoms with Crippen LogP contribution in [-0.4, -0.2) is 45.7 Å². The highest BCUT2D eigenvalue weighted by molar-refractivity contribution is 6.99. The van der Waals surface area contributed by atoms with Crippen LogP contribution in [0.15, 0.2) is 72.8 Å². The third-order valence-corrected chi connectivity index (χ3v) is 10.3. The topological polar surface area (TPSA) is 73.9 Å². The normalized spacial score (nSPS) is 13.4. The summed E-state index contributed by atoms with van der Waals surface area (Å²) in [5.74, 6) is -0.492. The number of carbonyl (C=O) groups excluding carboxylic acids is 2. The summed E-state index contributed by atoms with van der Waals surface area (Å²) < 4.78 is 17.2. The second-order valence-electron chi connectivity index (χ2n) is 10.1. The van der Waals surface area contributed by atoms with Gasteiger partial charge in [0.25, 0.3) is 8.32 Å². The Morgan fingerprint density at radius 2 is 1.41 bits per heavy atom. The highest BCUT2D eigenvalue weighted by Gasteiger charge is 2.51. The average Bonchev–Trinajstić information content (AvgIpc) is 2.77. The van der Waals surface area contributed by atoms with Gasteiger partial charge in [-0.25, -0.2) is 9.59 Å². The van der Waals surface area contributed by atoms with Crippen molar-refractivity contribution in [2.75, 3.05) is 13.7 Å². The molecule has 0 aromatic heterocycles. The molecule has 0 bridgehead atoms. The zero-order chi connectivity index (χ0) is 25.4. The van der Waals surface area contributed by atoms with Gasteiger partial charge >= 0.3 is 12.1 Å². The van der Waals surface area contributed by atoms with E-state index >= 15 is 0 Å². The second kappa shape index (κ2) is 11.5. The predicted octanol–water partition coefficient (Wildman–Crippen LogP) is 4.19. The molecule has 0 saturated carbocycles. The van der Waals surface area contributed by atoms with E-state index in [4.69, 9.17) is 13.9 Å². The molecule has 0 unspecified atom stereocenters. The number of esters is 1. The van der Waals surface area contributed by atoms with Crippen molar-refractivity contribution in [2.45, 2.75) is 58.3 Å². The smallest absolute Gasteiger partial charge is 0.407 e. The third-order valence-electron chi connectivity index (χ3n) is 5.24. The summed E-state index contributed by atoms with van der Waals surface area (Å²) in [6, 6.07) is 20.4. The number of rotatable bonds is 8. The Hall–Kier alpha value is -2.90. The van der Waals surface area contributed by atoms with E-state index in [0.29, 0.717) is 0 Å². The quantitative estimate of drug-likeness (QED) is 0.346. The summed E-state index contributed by atoms with van der Waals surface area (Å²) in [6.45, 7) is 12.1. The molecule has 0 heterocycles. The van der Waals surface area contributed by atoms with Crippen LogP contribution in [0.25, 0.3) is 0 Å². The molecule has 6 nitrogen and oxygen atoms in total. The summed E-state index contributed by atoms with van der Waals surface area (Å²) >= 11 is 0. The number of carbonyl (C=O) groups is 2. The van der Waals surface area contributed by atoms with Crippen molar-refractivity contribution < 1.29 is 23.5 Å². The van der Waals surface area contributed by atoms with Gasteiger partial charge < -0.3 is 19.2 Å². The number of methoxy groups -OCH3 is 1. The summed E-state index contributed by atoms with van der Waals surface area (Å²) in [7, 11) is -1.59. The Bertz CT molecular complexity index is 923. The monoisotopic (exact) mass is 483 g/mol. The van der Waals surface area contributed by atoms with Gasteiger partial charge in [0.1, 0.15) is 5.60 Å². The molecule has 1 amide bonds. The van der Waals surface area contributed by atoms with Gasteiger partial charge in [-0.05, 0) is 42.3 Å². The van der Waals surface area contributed by atoms with Crippen LogP contribution >= 0.6 is 0 Å². The second-order valence-corrected chi connectivity index (χ2v) is 14.3. The zero-order valence-electron chi connectivity index (χ0n) is 21.3. The van der Waals surface area contributed by atoms with Gasteiger partial charge in [0.2, 0.25) is 0 Å². The fourth-order valence-corrected chi connectivity index (χ4v) is 8.45. The summed E-state index contributed by atoms with van der Waals surface area (Å²) in [4.78, 5) is 24.2. The molecule has 0 spiro atoms. The number of benzene rings is 2. The first-order valence-electron chi connectivity index (χ1n) is 11.4. The van der Waals surface area contributed by atoms with Crippen molar-refractivity contribution >= 4 is 30.8 Å². The van der Waals surface area contributed by atoms with Gasteiger partial charge in [0.15, 0.2) is 0 Å². The SMILES string of the molecule is COC(=O)/C=C/[C@H](CNC(=O)OC(C)(C)C)O[Si](c1ccccc1)(c1ccccc1)C(C)(C)C. The lowest BCUT2D eigenvalue weighted by Crippen LogP contribution is -2.68. The van der Waals surface area contributed by atoms with Gasteiger partial charge in [0, 0.05) is 12.6 Å². The molecular weight excluding hydrogens is 446 g/mol. The molecule has 7 heteroatoms. The number of hydrogen-bond donors (Lipinski definition) is 1. The van der Waals surface area contributed by atoms with Crippen LogP contribution in [0.2, 0.25) is 5.04 Å². The minimum Gasteiger partial charge on any atom is -0.466 e. The molecule has 0 aliphatic heterocycles. The molecule has 0 saturated heterocycles. The summed E-state index contributed by atoms with van der Waals surface area (Å²) in [5, 5.41) is 4.72. The highest BCUT2D eigenvalue weighted by atomic mass is 28.4. The number of nitrogens with one attached hydrogen (secondary N) is 1. The molecule has 1 atom stereocenters. The number of alkyl carbamates (subject to hydrolysis) is 1. The van der Waals surface area contributed by atoms with Crippen molar-refractivity contribution in [2.24, 2.45) is 0 Å². The van der Waals surface area contributed by atoms with Gasteiger partial charge in [-0.1, -0.05) is 81.4 Å². The van der Waals surface area contributed by atoms with Crippen LogP contribution in [0.4, 0.5) is 4.79 Å². The van der Waals surface area contributed by atoms with E-state index < -0.39 is 32.1 Å². The molecule has 2 aromatic carbocycles. The first kappa shape index (κ1) is 27.3. The van der Waals surface area contributed by atoms with E-state index in [2.05, 4.69) is 50.4 Å². The Labute approximate surface area is 204 Å². The standard InChI is InChI=1S/C27H37NO5Si/c1-26(2,3)32-25(30)28-20-21(18-19-24(29)31-7)33-34(27(4,5)6,22-14-10-8-11-15-22)23-16-12-9-13-17-23/h8-19,21H,20H2,1-7H3,(H,28,30)/b19-18+/t21-/m1/s1. The molecule has 2 rings (SSSR count). The zero-order valence-corrected chi connectivity index (χ0v) is 22.3. The Morgan fingerprint density at radius 1 is 0.912 bits per heavy atom. The predicted molar refractivity (Wildman–Crippen MR) is 138 cm³/mol. The molecule has 0 aliphatic carbocycles. The fraction of sp³-hybridized carbons (Fsp3) is 0.407. The lowest BCUT2D eigenvalue weighted by Gasteiger charge is -2.44. The molecule has 2 aromatic rings. The van der Waals surface area contributed by atoms with E-state index in [1.165, 1.54) is 13.2 Å². The van der Waals surface area contributed by atoms with E-state index in [-0.39, 0.29) is 11.6 Å². The maximum atomic E-state index is 12.4. The first-order valence-corrected chi connectivity index (χ1v) is 13.3. The Morgan fingerprint density at radius 3 is 1.82 bits per heavy atom. The fourth-order valence-electron chi connectivity index (χ4n) is 3.82. The van der Waals surface area contributed by atoms with Crippen LogP contribution in [0.5, 0.6) is 0 Å². The lowest BCUT2D eigenvalue weighted by molar-refractivity contribution is -0.134. The maximum Gasteiger partial charge on any atom is 0.407 e. The summed E-state index contributed by atoms with van der Waals surface area (Å²) in [6.07, 6.45) is 1.83. The molecule has 34 heavy (non-hydrogen) atoms. The molecule has 0 radical (unpaired) electrons. The van der Waals surface area contributed by atoms with E-state index in [0.717, 1.165) is 10.4 Å². The number of ether oxygens (including phenoxy) is 2. The first-order chi connectivity index (χ1) is 15.9. The molecule has 0 aliphatic rings.